The van der Waals surface area contributed by atoms with E-state index < -0.39 is 0 Å². The van der Waals surface area contributed by atoms with E-state index in [-0.39, 0.29) is 6.61 Å². The maximum Gasteiger partial charge on any atom is 0.173 e. The summed E-state index contributed by atoms with van der Waals surface area (Å²) in [5, 5.41) is 13.4. The second-order valence-electron chi connectivity index (χ2n) is 5.33. The number of benzene rings is 1. The molecular formula is C15H23ClN3O3S+. The molecule has 0 atom stereocenters. The Morgan fingerprint density at radius 1 is 1.30 bits per heavy atom. The van der Waals surface area contributed by atoms with Crippen LogP contribution in [0.3, 0.4) is 0 Å². The van der Waals surface area contributed by atoms with Crippen LogP contribution >= 0.6 is 23.8 Å². The van der Waals surface area contributed by atoms with Crippen LogP contribution in [0.2, 0.25) is 5.02 Å². The predicted molar refractivity (Wildman–Crippen MR) is 95.0 cm³/mol. The van der Waals surface area contributed by atoms with E-state index in [0.29, 0.717) is 21.6 Å². The van der Waals surface area contributed by atoms with E-state index >= 15 is 0 Å². The minimum Gasteiger partial charge on any atom is -0.495 e. The molecule has 0 spiro atoms. The van der Waals surface area contributed by atoms with Gasteiger partial charge in [-0.25, -0.2) is 0 Å². The number of nitrogens with one attached hydrogen (secondary N) is 2. The molecule has 3 N–H and O–H groups in total. The quantitative estimate of drug-likeness (QED) is 0.654. The van der Waals surface area contributed by atoms with Crippen LogP contribution in [-0.4, -0.2) is 68.7 Å². The number of hydrogen-bond donors (Lipinski definition) is 3. The van der Waals surface area contributed by atoms with E-state index in [2.05, 4.69) is 10.2 Å². The van der Waals surface area contributed by atoms with Gasteiger partial charge >= 0.3 is 0 Å². The summed E-state index contributed by atoms with van der Waals surface area (Å²) in [5.41, 5.74) is 0.726. The third kappa shape index (κ3) is 4.60. The monoisotopic (exact) mass is 360 g/mol. The maximum absolute atomic E-state index is 9.01. The standard InChI is InChI=1S/C15H22ClN3O3S/c1-21-13-10-12(14(22-2)9-11(13)16)17-15(23)19-5-3-18(4-6-19)7-8-20/h9-10,20H,3-8H2,1-2H3,(H,17,23)/p+1. The molecule has 1 heterocycles. The SMILES string of the molecule is COc1cc(NC(=S)N2CC[NH+](CCO)CC2)c(OC)cc1Cl. The number of ether oxygens (including phenoxy) is 2. The number of anilines is 1. The molecule has 0 unspecified atom stereocenters. The smallest absolute Gasteiger partial charge is 0.173 e. The van der Waals surface area contributed by atoms with Crippen LogP contribution in [0.25, 0.3) is 0 Å². The highest BCUT2D eigenvalue weighted by molar-refractivity contribution is 7.80. The van der Waals surface area contributed by atoms with Gasteiger partial charge in [-0.05, 0) is 12.2 Å². The summed E-state index contributed by atoms with van der Waals surface area (Å²) in [4.78, 5) is 3.52. The molecule has 6 nitrogen and oxygen atoms in total. The molecule has 1 aliphatic rings. The number of rotatable bonds is 5. The highest BCUT2D eigenvalue weighted by Crippen LogP contribution is 2.35. The van der Waals surface area contributed by atoms with E-state index in [4.69, 9.17) is 38.4 Å². The fraction of sp³-hybridized carbons (Fsp3) is 0.533. The maximum atomic E-state index is 9.01. The van der Waals surface area contributed by atoms with Gasteiger partial charge in [-0.15, -0.1) is 0 Å². The molecule has 2 rings (SSSR count). The summed E-state index contributed by atoms with van der Waals surface area (Å²) in [7, 11) is 3.16. The first-order valence-electron chi connectivity index (χ1n) is 7.51. The van der Waals surface area contributed by atoms with Crippen molar-refractivity contribution in [3.05, 3.63) is 17.2 Å². The van der Waals surface area contributed by atoms with Crippen LogP contribution < -0.4 is 19.7 Å². The topological polar surface area (TPSA) is 58.4 Å². The summed E-state index contributed by atoms with van der Waals surface area (Å²) >= 11 is 11.6. The molecule has 1 fully saturated rings. The van der Waals surface area contributed by atoms with Gasteiger partial charge in [-0.3, -0.25) is 0 Å². The van der Waals surface area contributed by atoms with Gasteiger partial charge in [-0.2, -0.15) is 0 Å². The molecular weight excluding hydrogens is 338 g/mol. The Hall–Kier alpha value is -1.28. The van der Waals surface area contributed by atoms with Gasteiger partial charge in [0.15, 0.2) is 5.11 Å². The van der Waals surface area contributed by atoms with Crippen LogP contribution in [0.5, 0.6) is 11.5 Å². The normalized spacial score (nSPS) is 15.4. The molecule has 0 saturated carbocycles. The van der Waals surface area contributed by atoms with Crippen molar-refractivity contribution in [3.8, 4) is 11.5 Å². The molecule has 0 radical (unpaired) electrons. The number of piperazine rings is 1. The van der Waals surface area contributed by atoms with Crippen molar-refractivity contribution < 1.29 is 19.5 Å². The average molecular weight is 361 g/mol. The molecule has 1 aromatic carbocycles. The average Bonchev–Trinajstić information content (AvgIpc) is 2.56. The second-order valence-corrected chi connectivity index (χ2v) is 6.12. The zero-order valence-electron chi connectivity index (χ0n) is 13.4. The number of hydrogen-bond acceptors (Lipinski definition) is 4. The number of nitrogens with zero attached hydrogens (tertiary/aromatic N) is 1. The zero-order chi connectivity index (χ0) is 16.8. The lowest BCUT2D eigenvalue weighted by molar-refractivity contribution is -0.904. The highest BCUT2D eigenvalue weighted by Gasteiger charge is 2.22. The predicted octanol–water partition coefficient (Wildman–Crippen LogP) is 0.247. The Balaban J connectivity index is 2.03. The van der Waals surface area contributed by atoms with Crippen molar-refractivity contribution in [3.63, 3.8) is 0 Å². The van der Waals surface area contributed by atoms with Gasteiger partial charge in [0.25, 0.3) is 0 Å². The van der Waals surface area contributed by atoms with Crippen molar-refractivity contribution in [1.29, 1.82) is 0 Å². The lowest BCUT2D eigenvalue weighted by atomic mass is 10.2. The molecule has 0 aliphatic carbocycles. The molecule has 1 aliphatic heterocycles. The molecule has 0 aromatic heterocycles. The van der Waals surface area contributed by atoms with Gasteiger partial charge in [0, 0.05) is 12.1 Å². The first kappa shape index (κ1) is 18.1. The Morgan fingerprint density at radius 2 is 1.96 bits per heavy atom. The number of methoxy groups -OCH3 is 2. The van der Waals surface area contributed by atoms with Crippen LogP contribution in [-0.2, 0) is 0 Å². The van der Waals surface area contributed by atoms with Crippen molar-refractivity contribution in [2.75, 3.05) is 58.9 Å². The van der Waals surface area contributed by atoms with E-state index in [0.717, 1.165) is 38.4 Å². The summed E-state index contributed by atoms with van der Waals surface area (Å²) in [5.74, 6) is 1.18. The first-order valence-corrected chi connectivity index (χ1v) is 8.29. The molecule has 1 saturated heterocycles. The van der Waals surface area contributed by atoms with Gasteiger partial charge in [-0.1, -0.05) is 11.6 Å². The molecule has 23 heavy (non-hydrogen) atoms. The zero-order valence-corrected chi connectivity index (χ0v) is 15.0. The number of aliphatic hydroxyl groups is 1. The van der Waals surface area contributed by atoms with Gasteiger partial charge in [0.2, 0.25) is 0 Å². The largest absolute Gasteiger partial charge is 0.495 e. The van der Waals surface area contributed by atoms with E-state index in [1.807, 2.05) is 0 Å². The molecule has 8 heteroatoms. The molecule has 0 amide bonds. The lowest BCUT2D eigenvalue weighted by Gasteiger charge is -2.33. The number of quaternary nitrogens is 1. The van der Waals surface area contributed by atoms with Crippen molar-refractivity contribution in [2.24, 2.45) is 0 Å². The Labute approximate surface area is 146 Å². The van der Waals surface area contributed by atoms with Crippen LogP contribution in [0, 0.1) is 0 Å². The van der Waals surface area contributed by atoms with E-state index in [1.165, 1.54) is 4.90 Å². The number of aliphatic hydroxyl groups excluding tert-OH is 1. The fourth-order valence-corrected chi connectivity index (χ4v) is 3.11. The lowest BCUT2D eigenvalue weighted by Crippen LogP contribution is -3.15. The summed E-state index contributed by atoms with van der Waals surface area (Å²) < 4.78 is 10.6. The van der Waals surface area contributed by atoms with Gasteiger partial charge < -0.3 is 29.7 Å². The Morgan fingerprint density at radius 3 is 2.52 bits per heavy atom. The molecule has 0 bridgehead atoms. The summed E-state index contributed by atoms with van der Waals surface area (Å²) in [6.07, 6.45) is 0. The van der Waals surface area contributed by atoms with Crippen molar-refractivity contribution in [2.45, 2.75) is 0 Å². The third-order valence-electron chi connectivity index (χ3n) is 3.94. The van der Waals surface area contributed by atoms with E-state index in [1.54, 1.807) is 26.4 Å². The van der Waals surface area contributed by atoms with Crippen LogP contribution in [0.4, 0.5) is 5.69 Å². The first-order chi connectivity index (χ1) is 11.1. The van der Waals surface area contributed by atoms with Crippen LogP contribution in [0.15, 0.2) is 12.1 Å². The second kappa shape index (κ2) is 8.54. The Kier molecular flexibility index (Phi) is 6.71. The highest BCUT2D eigenvalue weighted by atomic mass is 35.5. The summed E-state index contributed by atoms with van der Waals surface area (Å²) in [6.45, 7) is 4.64. The van der Waals surface area contributed by atoms with Gasteiger partial charge in [0.05, 0.1) is 57.7 Å². The minimum atomic E-state index is 0.222. The van der Waals surface area contributed by atoms with E-state index in [9.17, 15) is 0 Å². The minimum absolute atomic E-state index is 0.222. The van der Waals surface area contributed by atoms with Crippen molar-refractivity contribution in [1.82, 2.24) is 4.90 Å². The summed E-state index contributed by atoms with van der Waals surface area (Å²) in [6, 6.07) is 3.48. The van der Waals surface area contributed by atoms with Crippen LogP contribution in [0.1, 0.15) is 0 Å². The third-order valence-corrected chi connectivity index (χ3v) is 4.59. The number of thiocarbonyl (C=S) groups is 1. The fourth-order valence-electron chi connectivity index (χ4n) is 2.59. The number of halogens is 1. The molecule has 128 valence electrons. The van der Waals surface area contributed by atoms with Crippen molar-refractivity contribution >= 4 is 34.6 Å². The van der Waals surface area contributed by atoms with Gasteiger partial charge in [0.1, 0.15) is 18.0 Å². The Bertz CT molecular complexity index is 551. The molecule has 1 aromatic rings.